The van der Waals surface area contributed by atoms with Crippen LogP contribution in [0.3, 0.4) is 0 Å². The number of nitrogens with one attached hydrogen (secondary N) is 3. The highest BCUT2D eigenvalue weighted by molar-refractivity contribution is 5.89. The number of nitriles is 1. The van der Waals surface area contributed by atoms with Crippen LogP contribution < -0.4 is 16.0 Å². The minimum absolute atomic E-state index is 0.0831. The molecule has 1 heterocycles. The summed E-state index contributed by atoms with van der Waals surface area (Å²) in [4.78, 5) is 19.6. The van der Waals surface area contributed by atoms with Gasteiger partial charge in [-0.1, -0.05) is 12.1 Å². The van der Waals surface area contributed by atoms with Crippen LogP contribution in [0.4, 0.5) is 16.3 Å². The van der Waals surface area contributed by atoms with Crippen molar-refractivity contribution in [3.8, 4) is 6.07 Å². The SMILES string of the molecule is CC(C)NC(=O)Nc1ccc(CNc2nccnc2C#N)cc1. The standard InChI is InChI=1S/C16H18N6O/c1-11(2)21-16(23)22-13-5-3-12(4-6-13)10-20-15-14(9-17)18-7-8-19-15/h3-8,11H,10H2,1-2H3,(H,19,20)(H2,21,22,23). The number of hydrogen-bond donors (Lipinski definition) is 3. The van der Waals surface area contributed by atoms with E-state index in [1.165, 1.54) is 12.4 Å². The molecule has 0 saturated carbocycles. The van der Waals surface area contributed by atoms with Gasteiger partial charge in [0.15, 0.2) is 11.5 Å². The first-order valence-electron chi connectivity index (χ1n) is 7.20. The average molecular weight is 310 g/mol. The molecule has 0 fully saturated rings. The summed E-state index contributed by atoms with van der Waals surface area (Å²) >= 11 is 0. The summed E-state index contributed by atoms with van der Waals surface area (Å²) in [7, 11) is 0. The summed E-state index contributed by atoms with van der Waals surface area (Å²) in [5.41, 5.74) is 1.97. The summed E-state index contributed by atoms with van der Waals surface area (Å²) in [5.74, 6) is 0.452. The van der Waals surface area contributed by atoms with Crippen molar-refractivity contribution in [2.24, 2.45) is 0 Å². The van der Waals surface area contributed by atoms with Crippen molar-refractivity contribution in [2.75, 3.05) is 10.6 Å². The van der Waals surface area contributed by atoms with Gasteiger partial charge in [-0.25, -0.2) is 14.8 Å². The molecule has 0 saturated heterocycles. The second-order valence-corrected chi connectivity index (χ2v) is 5.17. The number of carbonyl (C=O) groups is 1. The maximum Gasteiger partial charge on any atom is 0.319 e. The van der Waals surface area contributed by atoms with E-state index in [1.54, 1.807) is 0 Å². The van der Waals surface area contributed by atoms with Gasteiger partial charge in [0, 0.05) is 30.7 Å². The fraction of sp³-hybridized carbons (Fsp3) is 0.250. The van der Waals surface area contributed by atoms with Gasteiger partial charge in [-0.15, -0.1) is 0 Å². The van der Waals surface area contributed by atoms with Gasteiger partial charge in [-0.05, 0) is 31.5 Å². The van der Waals surface area contributed by atoms with Crippen molar-refractivity contribution in [3.05, 3.63) is 47.9 Å². The number of rotatable bonds is 5. The van der Waals surface area contributed by atoms with Crippen LogP contribution in [0.2, 0.25) is 0 Å². The highest BCUT2D eigenvalue weighted by atomic mass is 16.2. The molecule has 118 valence electrons. The fourth-order valence-electron chi connectivity index (χ4n) is 1.87. The fourth-order valence-corrected chi connectivity index (χ4v) is 1.87. The number of hydrogen-bond acceptors (Lipinski definition) is 5. The minimum Gasteiger partial charge on any atom is -0.364 e. The molecule has 0 aliphatic rings. The van der Waals surface area contributed by atoms with E-state index < -0.39 is 0 Å². The molecule has 0 unspecified atom stereocenters. The van der Waals surface area contributed by atoms with Crippen molar-refractivity contribution in [1.29, 1.82) is 5.26 Å². The van der Waals surface area contributed by atoms with Gasteiger partial charge in [-0.3, -0.25) is 0 Å². The van der Waals surface area contributed by atoms with Crippen molar-refractivity contribution >= 4 is 17.5 Å². The van der Waals surface area contributed by atoms with E-state index in [0.29, 0.717) is 18.1 Å². The number of benzene rings is 1. The first kappa shape index (κ1) is 16.2. The van der Waals surface area contributed by atoms with Crippen molar-refractivity contribution in [2.45, 2.75) is 26.4 Å². The summed E-state index contributed by atoms with van der Waals surface area (Å²) in [6, 6.07) is 9.25. The Morgan fingerprint density at radius 1 is 1.22 bits per heavy atom. The number of carbonyl (C=O) groups excluding carboxylic acids is 1. The topological polar surface area (TPSA) is 103 Å². The molecule has 2 aromatic rings. The van der Waals surface area contributed by atoms with Crippen molar-refractivity contribution in [1.82, 2.24) is 15.3 Å². The van der Waals surface area contributed by atoms with Gasteiger partial charge in [0.2, 0.25) is 0 Å². The molecule has 7 heteroatoms. The highest BCUT2D eigenvalue weighted by Gasteiger charge is 2.05. The van der Waals surface area contributed by atoms with E-state index in [1.807, 2.05) is 44.2 Å². The predicted octanol–water partition coefficient (Wildman–Crippen LogP) is 2.49. The maximum absolute atomic E-state index is 11.6. The number of amides is 2. The Balaban J connectivity index is 1.93. The van der Waals surface area contributed by atoms with Crippen LogP contribution in [0.1, 0.15) is 25.1 Å². The van der Waals surface area contributed by atoms with E-state index in [-0.39, 0.29) is 17.8 Å². The van der Waals surface area contributed by atoms with Crippen molar-refractivity contribution < 1.29 is 4.79 Å². The molecule has 2 rings (SSSR count). The van der Waals surface area contributed by atoms with Gasteiger partial charge < -0.3 is 16.0 Å². The Hall–Kier alpha value is -3.14. The third-order valence-electron chi connectivity index (χ3n) is 2.90. The molecule has 0 aliphatic heterocycles. The summed E-state index contributed by atoms with van der Waals surface area (Å²) in [5, 5.41) is 17.5. The van der Waals surface area contributed by atoms with Crippen LogP contribution in [0.25, 0.3) is 0 Å². The zero-order valence-electron chi connectivity index (χ0n) is 13.0. The lowest BCUT2D eigenvalue weighted by Crippen LogP contribution is -2.34. The Bertz CT molecular complexity index is 705. The largest absolute Gasteiger partial charge is 0.364 e. The second kappa shape index (κ2) is 7.75. The number of urea groups is 1. The summed E-state index contributed by atoms with van der Waals surface area (Å²) in [6.45, 7) is 4.30. The normalized spacial score (nSPS) is 10.0. The molecule has 2 amide bonds. The zero-order valence-corrected chi connectivity index (χ0v) is 13.0. The molecule has 0 spiro atoms. The van der Waals surface area contributed by atoms with Gasteiger partial charge in [-0.2, -0.15) is 5.26 Å². The Kier molecular flexibility index (Phi) is 5.47. The van der Waals surface area contributed by atoms with E-state index in [9.17, 15) is 4.79 Å². The van der Waals surface area contributed by atoms with Crippen LogP contribution in [0.15, 0.2) is 36.7 Å². The van der Waals surface area contributed by atoms with Crippen LogP contribution in [0, 0.1) is 11.3 Å². The van der Waals surface area contributed by atoms with Crippen LogP contribution in [-0.2, 0) is 6.54 Å². The molecule has 0 bridgehead atoms. The minimum atomic E-state index is -0.232. The first-order valence-corrected chi connectivity index (χ1v) is 7.20. The van der Waals surface area contributed by atoms with E-state index in [0.717, 1.165) is 5.56 Å². The second-order valence-electron chi connectivity index (χ2n) is 5.17. The maximum atomic E-state index is 11.6. The Morgan fingerprint density at radius 2 is 1.91 bits per heavy atom. The lowest BCUT2D eigenvalue weighted by molar-refractivity contribution is 0.250. The third kappa shape index (κ3) is 4.97. The van der Waals surface area contributed by atoms with Gasteiger partial charge in [0.25, 0.3) is 0 Å². The molecule has 3 N–H and O–H groups in total. The van der Waals surface area contributed by atoms with Crippen LogP contribution >= 0.6 is 0 Å². The van der Waals surface area contributed by atoms with Gasteiger partial charge >= 0.3 is 6.03 Å². The molecular formula is C16H18N6O. The number of aromatic nitrogens is 2. The molecule has 23 heavy (non-hydrogen) atoms. The van der Waals surface area contributed by atoms with Gasteiger partial charge in [0.1, 0.15) is 6.07 Å². The van der Waals surface area contributed by atoms with E-state index >= 15 is 0 Å². The molecule has 1 aromatic heterocycles. The van der Waals surface area contributed by atoms with Crippen molar-refractivity contribution in [3.63, 3.8) is 0 Å². The summed E-state index contributed by atoms with van der Waals surface area (Å²) in [6.07, 6.45) is 3.01. The number of nitrogens with zero attached hydrogens (tertiary/aromatic N) is 3. The quantitative estimate of drug-likeness (QED) is 0.787. The lowest BCUT2D eigenvalue weighted by Gasteiger charge is -2.11. The van der Waals surface area contributed by atoms with Crippen LogP contribution in [0.5, 0.6) is 0 Å². The number of anilines is 2. The zero-order chi connectivity index (χ0) is 16.7. The van der Waals surface area contributed by atoms with Crippen LogP contribution in [-0.4, -0.2) is 22.0 Å². The molecule has 0 radical (unpaired) electrons. The Labute approximate surface area is 134 Å². The third-order valence-corrected chi connectivity index (χ3v) is 2.90. The smallest absolute Gasteiger partial charge is 0.319 e. The molecule has 7 nitrogen and oxygen atoms in total. The van der Waals surface area contributed by atoms with E-state index in [4.69, 9.17) is 5.26 Å². The molecular weight excluding hydrogens is 292 g/mol. The lowest BCUT2D eigenvalue weighted by atomic mass is 10.2. The molecule has 0 aliphatic carbocycles. The predicted molar refractivity (Wildman–Crippen MR) is 87.8 cm³/mol. The Morgan fingerprint density at radius 3 is 2.57 bits per heavy atom. The monoisotopic (exact) mass is 310 g/mol. The molecule has 0 atom stereocenters. The molecule has 1 aromatic carbocycles. The average Bonchev–Trinajstić information content (AvgIpc) is 2.53. The van der Waals surface area contributed by atoms with E-state index in [2.05, 4.69) is 25.9 Å². The summed E-state index contributed by atoms with van der Waals surface area (Å²) < 4.78 is 0. The highest BCUT2D eigenvalue weighted by Crippen LogP contribution is 2.12. The van der Waals surface area contributed by atoms with Gasteiger partial charge in [0.05, 0.1) is 0 Å². The first-order chi connectivity index (χ1) is 11.1.